The molecule has 1 aromatic rings. The highest BCUT2D eigenvalue weighted by Gasteiger charge is 2.23. The Morgan fingerprint density at radius 3 is 2.74 bits per heavy atom. The van der Waals surface area contributed by atoms with Crippen LogP contribution in [0.2, 0.25) is 0 Å². The van der Waals surface area contributed by atoms with Gasteiger partial charge in [-0.1, -0.05) is 12.1 Å². The predicted octanol–water partition coefficient (Wildman–Crippen LogP) is 2.34. The van der Waals surface area contributed by atoms with Crippen molar-refractivity contribution in [2.24, 2.45) is 4.99 Å². The minimum Gasteiger partial charge on any atom is -0.385 e. The minimum absolute atomic E-state index is 0. The molecule has 0 aromatic heterocycles. The van der Waals surface area contributed by atoms with E-state index >= 15 is 0 Å². The summed E-state index contributed by atoms with van der Waals surface area (Å²) in [6.45, 7) is 9.96. The van der Waals surface area contributed by atoms with Crippen molar-refractivity contribution in [2.75, 3.05) is 79.8 Å². The van der Waals surface area contributed by atoms with Crippen LogP contribution < -0.4 is 10.6 Å². The molecule has 9 heteroatoms. The SMILES string of the molecule is CCNC(=NCC(c1cccc(F)c1)N1CCOCC1)NCCN(C)CCCOC.I. The van der Waals surface area contributed by atoms with Gasteiger partial charge in [-0.05, 0) is 38.1 Å². The Hall–Kier alpha value is -1.01. The topological polar surface area (TPSA) is 61.4 Å². The van der Waals surface area contributed by atoms with Crippen molar-refractivity contribution >= 4 is 29.9 Å². The van der Waals surface area contributed by atoms with E-state index in [1.54, 1.807) is 19.2 Å². The molecule has 0 bridgehead atoms. The maximum atomic E-state index is 13.9. The number of aliphatic imine (C=N–C) groups is 1. The van der Waals surface area contributed by atoms with Crippen molar-refractivity contribution in [3.8, 4) is 0 Å². The Morgan fingerprint density at radius 2 is 2.06 bits per heavy atom. The fourth-order valence-electron chi connectivity index (χ4n) is 3.51. The number of ether oxygens (including phenoxy) is 2. The number of rotatable bonds is 12. The first kappa shape index (κ1) is 28.0. The minimum atomic E-state index is -0.212. The van der Waals surface area contributed by atoms with Crippen molar-refractivity contribution in [1.29, 1.82) is 0 Å². The van der Waals surface area contributed by atoms with Gasteiger partial charge in [-0.2, -0.15) is 0 Å². The lowest BCUT2D eigenvalue weighted by molar-refractivity contribution is 0.0179. The van der Waals surface area contributed by atoms with Crippen LogP contribution in [0.4, 0.5) is 4.39 Å². The highest BCUT2D eigenvalue weighted by Crippen LogP contribution is 2.23. The third kappa shape index (κ3) is 10.9. The summed E-state index contributed by atoms with van der Waals surface area (Å²) < 4.78 is 24.5. The molecule has 0 saturated carbocycles. The van der Waals surface area contributed by atoms with Crippen LogP contribution in [0.5, 0.6) is 0 Å². The summed E-state index contributed by atoms with van der Waals surface area (Å²) in [5.41, 5.74) is 0.953. The maximum absolute atomic E-state index is 13.9. The van der Waals surface area contributed by atoms with Gasteiger partial charge in [0, 0.05) is 53.0 Å². The number of methoxy groups -OCH3 is 1. The average Bonchev–Trinajstić information content (AvgIpc) is 2.75. The maximum Gasteiger partial charge on any atom is 0.191 e. The summed E-state index contributed by atoms with van der Waals surface area (Å²) in [6.07, 6.45) is 1.02. The smallest absolute Gasteiger partial charge is 0.191 e. The van der Waals surface area contributed by atoms with E-state index in [0.29, 0.717) is 19.8 Å². The summed E-state index contributed by atoms with van der Waals surface area (Å²) in [7, 11) is 3.84. The van der Waals surface area contributed by atoms with E-state index in [4.69, 9.17) is 14.5 Å². The van der Waals surface area contributed by atoms with Crippen LogP contribution in [0.1, 0.15) is 24.9 Å². The second-order valence-corrected chi connectivity index (χ2v) is 7.52. The number of halogens is 2. The van der Waals surface area contributed by atoms with Crippen molar-refractivity contribution in [1.82, 2.24) is 20.4 Å². The lowest BCUT2D eigenvalue weighted by atomic mass is 10.0. The lowest BCUT2D eigenvalue weighted by Crippen LogP contribution is -2.43. The molecule has 31 heavy (non-hydrogen) atoms. The van der Waals surface area contributed by atoms with Crippen LogP contribution in [0.15, 0.2) is 29.3 Å². The number of benzene rings is 1. The van der Waals surface area contributed by atoms with Crippen molar-refractivity contribution in [3.63, 3.8) is 0 Å². The molecule has 1 aliphatic rings. The Bertz CT molecular complexity index is 632. The van der Waals surface area contributed by atoms with Gasteiger partial charge in [0.1, 0.15) is 5.82 Å². The standard InChI is InChI=1S/C22H38FN5O2.HI/c1-4-24-22(25-9-11-27(2)10-6-14-29-3)26-18-21(28-12-15-30-16-13-28)19-7-5-8-20(23)17-19;/h5,7-8,17,21H,4,6,9-16,18H2,1-3H3,(H2,24,25,26);1H. The fourth-order valence-corrected chi connectivity index (χ4v) is 3.51. The molecule has 1 heterocycles. The Morgan fingerprint density at radius 1 is 1.29 bits per heavy atom. The van der Waals surface area contributed by atoms with Crippen molar-refractivity contribution in [3.05, 3.63) is 35.6 Å². The molecular weight excluding hydrogens is 512 g/mol. The van der Waals surface area contributed by atoms with Gasteiger partial charge in [0.05, 0.1) is 25.8 Å². The molecule has 2 N–H and O–H groups in total. The molecule has 1 atom stereocenters. The van der Waals surface area contributed by atoms with Crippen molar-refractivity contribution < 1.29 is 13.9 Å². The zero-order chi connectivity index (χ0) is 21.6. The summed E-state index contributed by atoms with van der Waals surface area (Å²) in [4.78, 5) is 9.42. The number of nitrogens with one attached hydrogen (secondary N) is 2. The highest BCUT2D eigenvalue weighted by atomic mass is 127. The first-order valence-corrected chi connectivity index (χ1v) is 10.9. The number of likely N-dealkylation sites (N-methyl/N-ethyl adjacent to an activating group) is 1. The molecule has 0 aliphatic carbocycles. The molecule has 7 nitrogen and oxygen atoms in total. The fraction of sp³-hybridized carbons (Fsp3) is 0.682. The Labute approximate surface area is 203 Å². The molecular formula is C22H39FIN5O2. The van der Waals surface area contributed by atoms with Crippen LogP contribution >= 0.6 is 24.0 Å². The van der Waals surface area contributed by atoms with Crippen LogP contribution in [-0.2, 0) is 9.47 Å². The molecule has 1 unspecified atom stereocenters. The third-order valence-electron chi connectivity index (χ3n) is 5.16. The number of guanidine groups is 1. The van der Waals surface area contributed by atoms with Crippen LogP contribution in [-0.4, -0.2) is 95.6 Å². The van der Waals surface area contributed by atoms with Gasteiger partial charge in [-0.15, -0.1) is 24.0 Å². The van der Waals surface area contributed by atoms with E-state index in [2.05, 4.69) is 34.4 Å². The van der Waals surface area contributed by atoms with Gasteiger partial charge in [0.25, 0.3) is 0 Å². The second-order valence-electron chi connectivity index (χ2n) is 7.52. The molecule has 1 aromatic carbocycles. The summed E-state index contributed by atoms with van der Waals surface area (Å²) in [6, 6.07) is 6.87. The second kappa shape index (κ2) is 16.6. The van der Waals surface area contributed by atoms with E-state index < -0.39 is 0 Å². The molecule has 0 amide bonds. The Kier molecular flexibility index (Phi) is 15.0. The molecule has 0 spiro atoms. The first-order valence-electron chi connectivity index (χ1n) is 10.9. The van der Waals surface area contributed by atoms with Gasteiger partial charge >= 0.3 is 0 Å². The van der Waals surface area contributed by atoms with Gasteiger partial charge in [-0.3, -0.25) is 9.89 Å². The number of hydrogen-bond donors (Lipinski definition) is 2. The third-order valence-corrected chi connectivity index (χ3v) is 5.16. The van der Waals surface area contributed by atoms with Gasteiger partial charge in [0.2, 0.25) is 0 Å². The van der Waals surface area contributed by atoms with Crippen LogP contribution in [0, 0.1) is 5.82 Å². The van der Waals surface area contributed by atoms with E-state index in [1.165, 1.54) is 6.07 Å². The van der Waals surface area contributed by atoms with Crippen molar-refractivity contribution in [2.45, 2.75) is 19.4 Å². The average molecular weight is 551 g/mol. The number of hydrogen-bond acceptors (Lipinski definition) is 5. The molecule has 178 valence electrons. The van der Waals surface area contributed by atoms with E-state index in [-0.39, 0.29) is 35.8 Å². The summed E-state index contributed by atoms with van der Waals surface area (Å²) in [5, 5.41) is 6.72. The summed E-state index contributed by atoms with van der Waals surface area (Å²) >= 11 is 0. The lowest BCUT2D eigenvalue weighted by Gasteiger charge is -2.34. The van der Waals surface area contributed by atoms with Crippen LogP contribution in [0.25, 0.3) is 0 Å². The highest BCUT2D eigenvalue weighted by molar-refractivity contribution is 14.0. The van der Waals surface area contributed by atoms with Crippen LogP contribution in [0.3, 0.4) is 0 Å². The molecule has 2 rings (SSSR count). The largest absolute Gasteiger partial charge is 0.385 e. The summed E-state index contributed by atoms with van der Waals surface area (Å²) in [5.74, 6) is 0.578. The van der Waals surface area contributed by atoms with E-state index in [9.17, 15) is 4.39 Å². The Balaban J connectivity index is 0.00000480. The zero-order valence-electron chi connectivity index (χ0n) is 19.1. The predicted molar refractivity (Wildman–Crippen MR) is 135 cm³/mol. The van der Waals surface area contributed by atoms with E-state index in [1.807, 2.05) is 6.07 Å². The molecule has 1 saturated heterocycles. The normalized spacial score (nSPS) is 16.1. The molecule has 1 aliphatic heterocycles. The molecule has 1 fully saturated rings. The number of morpholine rings is 1. The monoisotopic (exact) mass is 551 g/mol. The zero-order valence-corrected chi connectivity index (χ0v) is 21.4. The molecule has 0 radical (unpaired) electrons. The first-order chi connectivity index (χ1) is 14.6. The van der Waals surface area contributed by atoms with Gasteiger partial charge in [-0.25, -0.2) is 4.39 Å². The number of nitrogens with zero attached hydrogens (tertiary/aromatic N) is 3. The van der Waals surface area contributed by atoms with Gasteiger partial charge < -0.3 is 25.0 Å². The van der Waals surface area contributed by atoms with Gasteiger partial charge in [0.15, 0.2) is 5.96 Å². The van der Waals surface area contributed by atoms with E-state index in [0.717, 1.165) is 63.8 Å². The quantitative estimate of drug-likeness (QED) is 0.180.